The van der Waals surface area contributed by atoms with E-state index in [2.05, 4.69) is 37.3 Å². The van der Waals surface area contributed by atoms with Gasteiger partial charge >= 0.3 is 12.0 Å². The van der Waals surface area contributed by atoms with Crippen LogP contribution in [0.2, 0.25) is 0 Å². The molecule has 3 amide bonds. The summed E-state index contributed by atoms with van der Waals surface area (Å²) in [6, 6.07) is 10.8. The Morgan fingerprint density at radius 3 is 2.49 bits per heavy atom. The molecule has 0 atom stereocenters. The third-order valence-corrected chi connectivity index (χ3v) is 7.24. The SMILES string of the molecule is Cc1nn(-c2ccccc2)c(COC(=O)CN2C(=O)NC3(CCC(C(C)(C)C)CC3)C2=O)c1C#N. The maximum Gasteiger partial charge on any atom is 0.326 e. The average molecular weight is 478 g/mol. The van der Waals surface area contributed by atoms with Gasteiger partial charge in [-0.05, 0) is 56.1 Å². The van der Waals surface area contributed by atoms with E-state index >= 15 is 0 Å². The number of benzene rings is 1. The second-order valence-corrected chi connectivity index (χ2v) is 10.5. The minimum absolute atomic E-state index is 0.143. The zero-order valence-electron chi connectivity index (χ0n) is 20.6. The minimum atomic E-state index is -0.934. The molecule has 2 aliphatic rings. The van der Waals surface area contributed by atoms with Crippen LogP contribution in [0.5, 0.6) is 0 Å². The number of rotatable bonds is 5. The van der Waals surface area contributed by atoms with E-state index in [9.17, 15) is 19.6 Å². The first-order chi connectivity index (χ1) is 16.6. The molecular weight excluding hydrogens is 446 g/mol. The van der Waals surface area contributed by atoms with Crippen molar-refractivity contribution in [3.63, 3.8) is 0 Å². The Labute approximate surface area is 205 Å². The molecule has 1 aromatic carbocycles. The van der Waals surface area contributed by atoms with Crippen molar-refractivity contribution in [1.82, 2.24) is 20.0 Å². The number of carbonyl (C=O) groups is 3. The lowest BCUT2D eigenvalue weighted by molar-refractivity contribution is -0.149. The van der Waals surface area contributed by atoms with Gasteiger partial charge in [-0.25, -0.2) is 9.48 Å². The van der Waals surface area contributed by atoms with Crippen molar-refractivity contribution in [1.29, 1.82) is 5.26 Å². The molecule has 1 N–H and O–H groups in total. The van der Waals surface area contributed by atoms with Gasteiger partial charge in [-0.15, -0.1) is 0 Å². The fourth-order valence-corrected chi connectivity index (χ4v) is 5.10. The molecule has 1 saturated carbocycles. The number of amides is 3. The molecule has 2 fully saturated rings. The molecule has 1 saturated heterocycles. The van der Waals surface area contributed by atoms with Gasteiger partial charge < -0.3 is 10.1 Å². The fourth-order valence-electron chi connectivity index (χ4n) is 5.10. The minimum Gasteiger partial charge on any atom is -0.458 e. The smallest absolute Gasteiger partial charge is 0.326 e. The Kier molecular flexibility index (Phi) is 6.41. The van der Waals surface area contributed by atoms with Crippen LogP contribution in [0.1, 0.15) is 63.4 Å². The molecule has 35 heavy (non-hydrogen) atoms. The zero-order chi connectivity index (χ0) is 25.4. The van der Waals surface area contributed by atoms with Gasteiger partial charge in [0.15, 0.2) is 0 Å². The van der Waals surface area contributed by atoms with Crippen molar-refractivity contribution in [3.05, 3.63) is 47.3 Å². The molecule has 1 aromatic heterocycles. The molecule has 1 aliphatic carbocycles. The first kappa shape index (κ1) is 24.5. The second kappa shape index (κ2) is 9.17. The molecule has 2 aromatic rings. The third-order valence-electron chi connectivity index (χ3n) is 7.24. The number of nitrogens with one attached hydrogen (secondary N) is 1. The molecule has 1 spiro atoms. The van der Waals surface area contributed by atoms with Crippen molar-refractivity contribution < 1.29 is 19.1 Å². The number of hydrogen-bond donors (Lipinski definition) is 1. The van der Waals surface area contributed by atoms with Crippen LogP contribution >= 0.6 is 0 Å². The summed E-state index contributed by atoms with van der Waals surface area (Å²) < 4.78 is 6.98. The summed E-state index contributed by atoms with van der Waals surface area (Å²) >= 11 is 0. The Morgan fingerprint density at radius 1 is 1.23 bits per heavy atom. The largest absolute Gasteiger partial charge is 0.458 e. The highest BCUT2D eigenvalue weighted by Gasteiger charge is 2.53. The quantitative estimate of drug-likeness (QED) is 0.519. The van der Waals surface area contributed by atoms with Gasteiger partial charge in [0.2, 0.25) is 0 Å². The summed E-state index contributed by atoms with van der Waals surface area (Å²) in [5.41, 5.74) is 1.21. The number of aromatic nitrogens is 2. The van der Waals surface area contributed by atoms with Gasteiger partial charge in [0.05, 0.1) is 17.1 Å². The van der Waals surface area contributed by atoms with E-state index in [1.54, 1.807) is 11.6 Å². The number of urea groups is 1. The van der Waals surface area contributed by atoms with E-state index in [0.29, 0.717) is 35.7 Å². The van der Waals surface area contributed by atoms with Gasteiger partial charge in [-0.2, -0.15) is 10.4 Å². The molecule has 9 nitrogen and oxygen atoms in total. The van der Waals surface area contributed by atoms with Crippen LogP contribution < -0.4 is 5.32 Å². The monoisotopic (exact) mass is 477 g/mol. The van der Waals surface area contributed by atoms with E-state index < -0.39 is 24.1 Å². The van der Waals surface area contributed by atoms with Crippen LogP contribution in [0.4, 0.5) is 4.79 Å². The number of aryl methyl sites for hydroxylation is 1. The lowest BCUT2D eigenvalue weighted by Crippen LogP contribution is -2.50. The predicted octanol–water partition coefficient (Wildman–Crippen LogP) is 3.62. The van der Waals surface area contributed by atoms with Crippen LogP contribution in [-0.2, 0) is 20.9 Å². The molecule has 184 valence electrons. The summed E-state index contributed by atoms with van der Waals surface area (Å²) in [6.45, 7) is 7.60. The molecule has 0 unspecified atom stereocenters. The van der Waals surface area contributed by atoms with E-state index in [1.165, 1.54) is 0 Å². The topological polar surface area (TPSA) is 117 Å². The van der Waals surface area contributed by atoms with E-state index in [1.807, 2.05) is 30.3 Å². The standard InChI is InChI=1S/C26H31N5O4/c1-17-20(14-27)21(31(29-17)19-8-6-5-7-9-19)16-35-22(32)15-30-23(33)26(28-24(30)34)12-10-18(11-13-26)25(2,3)4/h5-9,18H,10-13,15-16H2,1-4H3,(H,28,34). The van der Waals surface area contributed by atoms with Crippen LogP contribution in [0.15, 0.2) is 30.3 Å². The summed E-state index contributed by atoms with van der Waals surface area (Å²) in [7, 11) is 0. The van der Waals surface area contributed by atoms with Gasteiger partial charge in [-0.3, -0.25) is 14.5 Å². The molecular formula is C26H31N5O4. The number of carbonyl (C=O) groups excluding carboxylic acids is 3. The van der Waals surface area contributed by atoms with Gasteiger partial charge in [0.25, 0.3) is 5.91 Å². The summed E-state index contributed by atoms with van der Waals surface area (Å²) in [5, 5.41) is 16.8. The highest BCUT2D eigenvalue weighted by molar-refractivity contribution is 6.08. The maximum absolute atomic E-state index is 13.2. The first-order valence-corrected chi connectivity index (χ1v) is 11.9. The van der Waals surface area contributed by atoms with E-state index in [-0.39, 0.29) is 17.9 Å². The van der Waals surface area contributed by atoms with Crippen molar-refractivity contribution in [2.75, 3.05) is 6.54 Å². The van der Waals surface area contributed by atoms with Gasteiger partial charge in [-0.1, -0.05) is 39.0 Å². The van der Waals surface area contributed by atoms with Crippen molar-refractivity contribution in [2.45, 2.75) is 65.5 Å². The highest BCUT2D eigenvalue weighted by atomic mass is 16.5. The van der Waals surface area contributed by atoms with Crippen LogP contribution in [-0.4, -0.2) is 44.7 Å². The van der Waals surface area contributed by atoms with Crippen molar-refractivity contribution >= 4 is 17.9 Å². The van der Waals surface area contributed by atoms with Crippen molar-refractivity contribution in [2.24, 2.45) is 11.3 Å². The molecule has 9 heteroatoms. The number of imide groups is 1. The molecule has 2 heterocycles. The highest BCUT2D eigenvalue weighted by Crippen LogP contribution is 2.43. The Hall–Kier alpha value is -3.67. The first-order valence-electron chi connectivity index (χ1n) is 11.9. The number of para-hydroxylation sites is 1. The van der Waals surface area contributed by atoms with Crippen LogP contribution in [0.3, 0.4) is 0 Å². The molecule has 4 rings (SSSR count). The zero-order valence-corrected chi connectivity index (χ0v) is 20.6. The third kappa shape index (κ3) is 4.65. The fraction of sp³-hybridized carbons (Fsp3) is 0.500. The number of nitriles is 1. The van der Waals surface area contributed by atoms with E-state index in [0.717, 1.165) is 23.4 Å². The molecule has 1 aliphatic heterocycles. The van der Waals surface area contributed by atoms with Crippen LogP contribution in [0, 0.1) is 29.6 Å². The number of nitrogens with zero attached hydrogens (tertiary/aromatic N) is 4. The Bertz CT molecular complexity index is 1180. The lowest BCUT2D eigenvalue weighted by Gasteiger charge is -2.40. The maximum atomic E-state index is 13.2. The van der Waals surface area contributed by atoms with Gasteiger partial charge in [0, 0.05) is 0 Å². The molecule has 0 bridgehead atoms. The predicted molar refractivity (Wildman–Crippen MR) is 127 cm³/mol. The molecule has 0 radical (unpaired) electrons. The van der Waals surface area contributed by atoms with E-state index in [4.69, 9.17) is 4.74 Å². The second-order valence-electron chi connectivity index (χ2n) is 10.5. The lowest BCUT2D eigenvalue weighted by atomic mass is 9.67. The van der Waals surface area contributed by atoms with Crippen molar-refractivity contribution in [3.8, 4) is 11.8 Å². The number of hydrogen-bond acceptors (Lipinski definition) is 6. The summed E-state index contributed by atoms with van der Waals surface area (Å²) in [5.74, 6) is -0.616. The number of ether oxygens (including phenoxy) is 1. The van der Waals surface area contributed by atoms with Gasteiger partial charge in [0.1, 0.15) is 30.3 Å². The average Bonchev–Trinajstić information content (AvgIpc) is 3.26. The number of esters is 1. The normalized spacial score (nSPS) is 22.3. The summed E-state index contributed by atoms with van der Waals surface area (Å²) in [4.78, 5) is 39.4. The van der Waals surface area contributed by atoms with Crippen LogP contribution in [0.25, 0.3) is 5.69 Å². The summed E-state index contributed by atoms with van der Waals surface area (Å²) in [6.07, 6.45) is 2.80. The Balaban J connectivity index is 1.43. The Morgan fingerprint density at radius 2 is 1.89 bits per heavy atom.